The maximum Gasteiger partial charge on any atom is 0.241 e. The summed E-state index contributed by atoms with van der Waals surface area (Å²) in [4.78, 5) is 15.4. The van der Waals surface area contributed by atoms with Gasteiger partial charge in [-0.15, -0.1) is 0 Å². The first-order valence-corrected chi connectivity index (χ1v) is 7.09. The van der Waals surface area contributed by atoms with Gasteiger partial charge < -0.3 is 15.4 Å². The summed E-state index contributed by atoms with van der Waals surface area (Å²) in [6.07, 6.45) is 6.10. The molecule has 2 rings (SSSR count). The first-order valence-electron chi connectivity index (χ1n) is 7.09. The maximum atomic E-state index is 11.3. The van der Waals surface area contributed by atoms with Gasteiger partial charge in [-0.25, -0.2) is 4.98 Å². The number of carbonyl (C=O) groups excluding carboxylic acids is 1. The fourth-order valence-corrected chi connectivity index (χ4v) is 2.13. The molecule has 7 heteroatoms. The zero-order valence-electron chi connectivity index (χ0n) is 13.0. The molecule has 2 aromatic heterocycles. The lowest BCUT2D eigenvalue weighted by Gasteiger charge is -2.14. The van der Waals surface area contributed by atoms with E-state index < -0.39 is 0 Å². The second kappa shape index (κ2) is 7.44. The standard InChI is InChI=1S/C15H21N5O2/c1-11(6-12-4-5-17-15(7-12)22-3)19-13-8-18-20(9-13)10-14(21)16-2/h4-5,7-9,11,19H,6,10H2,1-3H3,(H,16,21). The minimum atomic E-state index is -0.0772. The van der Waals surface area contributed by atoms with Crippen molar-refractivity contribution in [2.45, 2.75) is 25.9 Å². The number of pyridine rings is 1. The molecule has 118 valence electrons. The molecule has 0 bridgehead atoms. The maximum absolute atomic E-state index is 11.3. The van der Waals surface area contributed by atoms with Gasteiger partial charge in [-0.3, -0.25) is 9.48 Å². The Bertz CT molecular complexity index is 626. The molecule has 22 heavy (non-hydrogen) atoms. The first kappa shape index (κ1) is 15.8. The van der Waals surface area contributed by atoms with Crippen LogP contribution in [-0.2, 0) is 17.8 Å². The number of anilines is 1. The van der Waals surface area contributed by atoms with Gasteiger partial charge in [0.15, 0.2) is 0 Å². The van der Waals surface area contributed by atoms with Crippen molar-refractivity contribution in [1.29, 1.82) is 0 Å². The van der Waals surface area contributed by atoms with Crippen LogP contribution in [0.1, 0.15) is 12.5 Å². The summed E-state index contributed by atoms with van der Waals surface area (Å²) in [6.45, 7) is 2.30. The second-order valence-corrected chi connectivity index (χ2v) is 5.06. The Morgan fingerprint density at radius 1 is 1.50 bits per heavy atom. The van der Waals surface area contributed by atoms with Gasteiger partial charge in [-0.1, -0.05) is 0 Å². The summed E-state index contributed by atoms with van der Waals surface area (Å²) in [5.41, 5.74) is 2.03. The highest BCUT2D eigenvalue weighted by atomic mass is 16.5. The van der Waals surface area contributed by atoms with Crippen molar-refractivity contribution in [3.63, 3.8) is 0 Å². The molecular formula is C15H21N5O2. The second-order valence-electron chi connectivity index (χ2n) is 5.06. The SMILES string of the molecule is CNC(=O)Cn1cc(NC(C)Cc2ccnc(OC)c2)cn1. The van der Waals surface area contributed by atoms with E-state index in [0.29, 0.717) is 5.88 Å². The summed E-state index contributed by atoms with van der Waals surface area (Å²) in [6, 6.07) is 4.10. The Balaban J connectivity index is 1.91. The molecule has 1 unspecified atom stereocenters. The van der Waals surface area contributed by atoms with E-state index in [1.54, 1.807) is 31.2 Å². The van der Waals surface area contributed by atoms with E-state index in [2.05, 4.69) is 27.6 Å². The van der Waals surface area contributed by atoms with E-state index in [1.165, 1.54) is 0 Å². The molecule has 0 saturated carbocycles. The normalized spacial score (nSPS) is 11.8. The highest BCUT2D eigenvalue weighted by molar-refractivity contribution is 5.75. The van der Waals surface area contributed by atoms with Crippen LogP contribution in [0.3, 0.4) is 0 Å². The highest BCUT2D eigenvalue weighted by Gasteiger charge is 2.08. The fraction of sp³-hybridized carbons (Fsp3) is 0.400. The van der Waals surface area contributed by atoms with Crippen molar-refractivity contribution in [2.75, 3.05) is 19.5 Å². The Hall–Kier alpha value is -2.57. The molecule has 0 aliphatic carbocycles. The molecule has 0 aliphatic heterocycles. The molecule has 0 spiro atoms. The van der Waals surface area contributed by atoms with Crippen LogP contribution in [-0.4, -0.2) is 40.9 Å². The zero-order valence-corrected chi connectivity index (χ0v) is 13.0. The lowest BCUT2D eigenvalue weighted by molar-refractivity contribution is -0.121. The molecule has 7 nitrogen and oxygen atoms in total. The van der Waals surface area contributed by atoms with Crippen LogP contribution in [0.4, 0.5) is 5.69 Å². The number of hydrogen-bond acceptors (Lipinski definition) is 5. The molecule has 0 radical (unpaired) electrons. The minimum Gasteiger partial charge on any atom is -0.481 e. The monoisotopic (exact) mass is 303 g/mol. The summed E-state index contributed by atoms with van der Waals surface area (Å²) in [5.74, 6) is 0.537. The molecule has 2 aromatic rings. The number of hydrogen-bond donors (Lipinski definition) is 2. The van der Waals surface area contributed by atoms with Crippen LogP contribution in [0.5, 0.6) is 5.88 Å². The topological polar surface area (TPSA) is 81.1 Å². The number of amides is 1. The van der Waals surface area contributed by atoms with Gasteiger partial charge in [-0.2, -0.15) is 5.10 Å². The number of rotatable bonds is 7. The smallest absolute Gasteiger partial charge is 0.241 e. The molecular weight excluding hydrogens is 282 g/mol. The van der Waals surface area contributed by atoms with E-state index >= 15 is 0 Å². The average molecular weight is 303 g/mol. The number of carbonyl (C=O) groups is 1. The fourth-order valence-electron chi connectivity index (χ4n) is 2.13. The van der Waals surface area contributed by atoms with Crippen molar-refractivity contribution in [1.82, 2.24) is 20.1 Å². The van der Waals surface area contributed by atoms with Crippen molar-refractivity contribution < 1.29 is 9.53 Å². The highest BCUT2D eigenvalue weighted by Crippen LogP contribution is 2.13. The van der Waals surface area contributed by atoms with Crippen molar-refractivity contribution in [3.8, 4) is 5.88 Å². The Kier molecular flexibility index (Phi) is 5.35. The van der Waals surface area contributed by atoms with E-state index in [0.717, 1.165) is 17.7 Å². The summed E-state index contributed by atoms with van der Waals surface area (Å²) in [7, 11) is 3.21. The number of nitrogens with one attached hydrogen (secondary N) is 2. The third-order valence-electron chi connectivity index (χ3n) is 3.18. The largest absolute Gasteiger partial charge is 0.481 e. The molecule has 1 atom stereocenters. The van der Waals surface area contributed by atoms with E-state index in [1.807, 2.05) is 18.3 Å². The average Bonchev–Trinajstić information content (AvgIpc) is 2.94. The van der Waals surface area contributed by atoms with Gasteiger partial charge in [0.05, 0.1) is 19.0 Å². The van der Waals surface area contributed by atoms with Crippen LogP contribution in [0.25, 0.3) is 0 Å². The number of likely N-dealkylation sites (N-methyl/N-ethyl adjacent to an activating group) is 1. The van der Waals surface area contributed by atoms with Gasteiger partial charge in [0.1, 0.15) is 6.54 Å². The quantitative estimate of drug-likeness (QED) is 0.800. The molecule has 2 heterocycles. The van der Waals surface area contributed by atoms with E-state index in [-0.39, 0.29) is 18.5 Å². The lowest BCUT2D eigenvalue weighted by atomic mass is 10.1. The van der Waals surface area contributed by atoms with Crippen LogP contribution in [0, 0.1) is 0 Å². The third kappa shape index (κ3) is 4.47. The molecule has 0 aromatic carbocycles. The van der Waals surface area contributed by atoms with E-state index in [4.69, 9.17) is 4.74 Å². The summed E-state index contributed by atoms with van der Waals surface area (Å²) >= 11 is 0. The first-order chi connectivity index (χ1) is 10.6. The minimum absolute atomic E-state index is 0.0772. The molecule has 2 N–H and O–H groups in total. The van der Waals surface area contributed by atoms with Crippen LogP contribution >= 0.6 is 0 Å². The molecule has 1 amide bonds. The van der Waals surface area contributed by atoms with Gasteiger partial charge in [0.25, 0.3) is 0 Å². The predicted octanol–water partition coefficient (Wildman–Crippen LogP) is 1.08. The predicted molar refractivity (Wildman–Crippen MR) is 83.9 cm³/mol. The van der Waals surface area contributed by atoms with Crippen LogP contribution in [0.15, 0.2) is 30.7 Å². The Labute approximate surface area is 129 Å². The zero-order chi connectivity index (χ0) is 15.9. The Morgan fingerprint density at radius 2 is 2.32 bits per heavy atom. The summed E-state index contributed by atoms with van der Waals surface area (Å²) in [5, 5.41) is 10.1. The van der Waals surface area contributed by atoms with Crippen molar-refractivity contribution in [3.05, 3.63) is 36.3 Å². The van der Waals surface area contributed by atoms with Crippen LogP contribution in [0.2, 0.25) is 0 Å². The van der Waals surface area contributed by atoms with Crippen molar-refractivity contribution >= 4 is 11.6 Å². The van der Waals surface area contributed by atoms with Crippen LogP contribution < -0.4 is 15.4 Å². The number of aromatic nitrogens is 3. The molecule has 0 saturated heterocycles. The number of ether oxygens (including phenoxy) is 1. The van der Waals surface area contributed by atoms with Gasteiger partial charge >= 0.3 is 0 Å². The summed E-state index contributed by atoms with van der Waals surface area (Å²) < 4.78 is 6.72. The number of methoxy groups -OCH3 is 1. The Morgan fingerprint density at radius 3 is 3.05 bits per heavy atom. The molecule has 0 fully saturated rings. The number of nitrogens with zero attached hydrogens (tertiary/aromatic N) is 3. The van der Waals surface area contributed by atoms with Crippen molar-refractivity contribution in [2.24, 2.45) is 0 Å². The van der Waals surface area contributed by atoms with Gasteiger partial charge in [-0.05, 0) is 25.0 Å². The van der Waals surface area contributed by atoms with E-state index in [9.17, 15) is 4.79 Å². The lowest BCUT2D eigenvalue weighted by Crippen LogP contribution is -2.23. The molecule has 0 aliphatic rings. The van der Waals surface area contributed by atoms with Gasteiger partial charge in [0, 0.05) is 31.5 Å². The third-order valence-corrected chi connectivity index (χ3v) is 3.18. The van der Waals surface area contributed by atoms with Gasteiger partial charge in [0.2, 0.25) is 11.8 Å².